The Hall–Kier alpha value is -4.11. The predicted octanol–water partition coefficient (Wildman–Crippen LogP) is 6.12. The summed E-state index contributed by atoms with van der Waals surface area (Å²) in [5, 5.41) is 2.15. The van der Waals surface area contributed by atoms with Gasteiger partial charge in [0.25, 0.3) is 5.56 Å². The van der Waals surface area contributed by atoms with Gasteiger partial charge in [0.05, 0.1) is 29.5 Å². The van der Waals surface area contributed by atoms with Crippen molar-refractivity contribution < 1.29 is 14.3 Å². The van der Waals surface area contributed by atoms with E-state index in [1.54, 1.807) is 31.6 Å². The van der Waals surface area contributed by atoms with Crippen molar-refractivity contribution in [2.45, 2.75) is 26.4 Å². The van der Waals surface area contributed by atoms with Crippen LogP contribution < -0.4 is 19.6 Å². The molecule has 218 valence electrons. The van der Waals surface area contributed by atoms with Crippen LogP contribution in [0.4, 0.5) is 0 Å². The first-order valence-electron chi connectivity index (χ1n) is 13.6. The minimum absolute atomic E-state index is 0.198. The van der Waals surface area contributed by atoms with Crippen LogP contribution in [0.15, 0.2) is 94.0 Å². The Balaban J connectivity index is 1.53. The standard InChI is InChI=1S/C33H27Cl2N3O4S/c1-4-42-32(40)29-19(2)36-33-38(30(29)24-10-6-8-12-27(24)41-3)31(39)28(43-33)15-21-18-37(26-11-7-5-9-23(21)26)17-20-13-14-22(34)16-25(20)35/h5-16,18,30H,4,17H2,1-3H3/b28-15-/t30-/m0/s1. The topological polar surface area (TPSA) is 74.8 Å². The second kappa shape index (κ2) is 11.9. The van der Waals surface area contributed by atoms with E-state index in [1.165, 1.54) is 11.3 Å². The van der Waals surface area contributed by atoms with Gasteiger partial charge in [0.1, 0.15) is 11.8 Å². The van der Waals surface area contributed by atoms with Crippen LogP contribution in [0, 0.1) is 0 Å². The van der Waals surface area contributed by atoms with Gasteiger partial charge >= 0.3 is 5.97 Å². The van der Waals surface area contributed by atoms with Crippen LogP contribution in [0.1, 0.15) is 36.6 Å². The molecule has 0 N–H and O–H groups in total. The van der Waals surface area contributed by atoms with E-state index >= 15 is 0 Å². The molecule has 1 aliphatic rings. The van der Waals surface area contributed by atoms with E-state index in [9.17, 15) is 9.59 Å². The fraction of sp³-hybridized carbons (Fsp3) is 0.182. The van der Waals surface area contributed by atoms with Crippen LogP contribution in [0.25, 0.3) is 17.0 Å². The van der Waals surface area contributed by atoms with Gasteiger partial charge in [0.15, 0.2) is 4.80 Å². The number of methoxy groups -OCH3 is 1. The quantitative estimate of drug-likeness (QED) is 0.203. The van der Waals surface area contributed by atoms with Crippen molar-refractivity contribution >= 4 is 57.5 Å². The summed E-state index contributed by atoms with van der Waals surface area (Å²) in [6.07, 6.45) is 3.90. The highest BCUT2D eigenvalue weighted by molar-refractivity contribution is 7.07. The van der Waals surface area contributed by atoms with Crippen LogP contribution in [0.5, 0.6) is 5.75 Å². The average Bonchev–Trinajstić information content (AvgIpc) is 3.50. The Kier molecular flexibility index (Phi) is 8.01. The monoisotopic (exact) mass is 631 g/mol. The molecule has 3 aromatic carbocycles. The van der Waals surface area contributed by atoms with E-state index in [0.29, 0.717) is 48.5 Å². The first-order valence-corrected chi connectivity index (χ1v) is 15.2. The largest absolute Gasteiger partial charge is 0.496 e. The van der Waals surface area contributed by atoms with Gasteiger partial charge < -0.3 is 14.0 Å². The lowest BCUT2D eigenvalue weighted by Crippen LogP contribution is -2.40. The summed E-state index contributed by atoms with van der Waals surface area (Å²) in [6, 6.07) is 20.1. The summed E-state index contributed by atoms with van der Waals surface area (Å²) in [5.74, 6) is 0.0420. The summed E-state index contributed by atoms with van der Waals surface area (Å²) in [4.78, 5) is 32.6. The van der Waals surface area contributed by atoms with Gasteiger partial charge in [-0.15, -0.1) is 0 Å². The number of ether oxygens (including phenoxy) is 2. The van der Waals surface area contributed by atoms with E-state index in [4.69, 9.17) is 37.7 Å². The Morgan fingerprint density at radius 2 is 1.86 bits per heavy atom. The molecule has 3 heterocycles. The summed E-state index contributed by atoms with van der Waals surface area (Å²) >= 11 is 13.9. The summed E-state index contributed by atoms with van der Waals surface area (Å²) in [6.45, 7) is 4.24. The van der Waals surface area contributed by atoms with Gasteiger partial charge in [-0.3, -0.25) is 9.36 Å². The zero-order chi connectivity index (χ0) is 30.2. The lowest BCUT2D eigenvalue weighted by atomic mass is 9.95. The molecule has 0 saturated heterocycles. The van der Waals surface area contributed by atoms with Crippen molar-refractivity contribution in [2.24, 2.45) is 4.99 Å². The Morgan fingerprint density at radius 1 is 1.09 bits per heavy atom. The molecular formula is C33H27Cl2N3O4S. The van der Waals surface area contributed by atoms with Crippen molar-refractivity contribution in [2.75, 3.05) is 13.7 Å². The maximum absolute atomic E-state index is 14.2. The van der Waals surface area contributed by atoms with Gasteiger partial charge in [0.2, 0.25) is 0 Å². The number of thiazole rings is 1. The highest BCUT2D eigenvalue weighted by Gasteiger charge is 2.35. The molecular weight excluding hydrogens is 605 g/mol. The molecule has 0 unspecified atom stereocenters. The van der Waals surface area contributed by atoms with Crippen LogP contribution in [0.3, 0.4) is 0 Å². The van der Waals surface area contributed by atoms with Crippen LogP contribution >= 0.6 is 34.5 Å². The third-order valence-electron chi connectivity index (χ3n) is 7.41. The third-order valence-corrected chi connectivity index (χ3v) is 8.98. The van der Waals surface area contributed by atoms with Gasteiger partial charge in [-0.25, -0.2) is 9.79 Å². The Morgan fingerprint density at radius 3 is 2.63 bits per heavy atom. The molecule has 10 heteroatoms. The van der Waals surface area contributed by atoms with Crippen molar-refractivity contribution in [1.29, 1.82) is 0 Å². The summed E-state index contributed by atoms with van der Waals surface area (Å²) < 4.78 is 15.2. The molecule has 1 aliphatic heterocycles. The molecule has 0 fully saturated rings. The second-order valence-electron chi connectivity index (χ2n) is 10.0. The van der Waals surface area contributed by atoms with Crippen LogP contribution in [0.2, 0.25) is 10.0 Å². The number of hydrogen-bond acceptors (Lipinski definition) is 6. The number of fused-ring (bicyclic) bond motifs is 2. The molecule has 2 aromatic heterocycles. The van der Waals surface area contributed by atoms with E-state index in [-0.39, 0.29) is 12.2 Å². The van der Waals surface area contributed by atoms with E-state index in [0.717, 1.165) is 22.0 Å². The molecule has 1 atom stereocenters. The minimum Gasteiger partial charge on any atom is -0.496 e. The highest BCUT2D eigenvalue weighted by atomic mass is 35.5. The lowest BCUT2D eigenvalue weighted by Gasteiger charge is -2.25. The van der Waals surface area contributed by atoms with Crippen molar-refractivity contribution in [3.05, 3.63) is 131 Å². The molecule has 0 amide bonds. The van der Waals surface area contributed by atoms with Gasteiger partial charge in [-0.1, -0.05) is 77.0 Å². The van der Waals surface area contributed by atoms with E-state index in [1.807, 2.05) is 72.9 Å². The second-order valence-corrected chi connectivity index (χ2v) is 11.9. The number of carbonyl (C=O) groups is 1. The molecule has 0 saturated carbocycles. The first-order chi connectivity index (χ1) is 20.8. The summed E-state index contributed by atoms with van der Waals surface area (Å²) in [5.41, 5.74) is 4.02. The third kappa shape index (κ3) is 5.31. The average molecular weight is 633 g/mol. The predicted molar refractivity (Wildman–Crippen MR) is 171 cm³/mol. The fourth-order valence-corrected chi connectivity index (χ4v) is 6.98. The first kappa shape index (κ1) is 29.0. The Labute approximate surface area is 261 Å². The number of rotatable bonds is 7. The zero-order valence-electron chi connectivity index (χ0n) is 23.6. The summed E-state index contributed by atoms with van der Waals surface area (Å²) in [7, 11) is 1.57. The molecule has 5 aromatic rings. The minimum atomic E-state index is -0.762. The molecule has 7 nitrogen and oxygen atoms in total. The van der Waals surface area contributed by atoms with Gasteiger partial charge in [0, 0.05) is 44.8 Å². The normalized spacial score (nSPS) is 15.0. The Bertz CT molecular complexity index is 2110. The highest BCUT2D eigenvalue weighted by Crippen LogP contribution is 2.35. The van der Waals surface area contributed by atoms with Crippen molar-refractivity contribution in [3.63, 3.8) is 0 Å². The number of carbonyl (C=O) groups excluding carboxylic acids is 1. The number of nitrogens with zero attached hydrogens (tertiary/aromatic N) is 3. The smallest absolute Gasteiger partial charge is 0.338 e. The molecule has 0 spiro atoms. The number of esters is 1. The van der Waals surface area contributed by atoms with E-state index in [2.05, 4.69) is 4.57 Å². The van der Waals surface area contributed by atoms with E-state index < -0.39 is 12.0 Å². The molecule has 6 rings (SSSR count). The van der Waals surface area contributed by atoms with Gasteiger partial charge in [-0.2, -0.15) is 0 Å². The maximum Gasteiger partial charge on any atom is 0.338 e. The SMILES string of the molecule is CCOC(=O)C1=C(C)N=c2s/c(=C\c3cn(Cc4ccc(Cl)cc4Cl)c4ccccc34)c(=O)n2[C@H]1c1ccccc1OC. The number of benzene rings is 3. The van der Waals surface area contributed by atoms with Crippen LogP contribution in [-0.4, -0.2) is 28.8 Å². The lowest BCUT2D eigenvalue weighted by molar-refractivity contribution is -0.139. The maximum atomic E-state index is 14.2. The molecule has 0 aliphatic carbocycles. The zero-order valence-corrected chi connectivity index (χ0v) is 26.0. The fourth-order valence-electron chi connectivity index (χ4n) is 5.47. The number of aromatic nitrogens is 2. The number of allylic oxidation sites excluding steroid dienone is 1. The van der Waals surface area contributed by atoms with Crippen LogP contribution in [-0.2, 0) is 16.1 Å². The van der Waals surface area contributed by atoms with Gasteiger partial charge in [-0.05, 0) is 49.8 Å². The molecule has 43 heavy (non-hydrogen) atoms. The number of halogens is 2. The van der Waals surface area contributed by atoms with Crippen molar-refractivity contribution in [3.8, 4) is 5.75 Å². The molecule has 0 bridgehead atoms. The number of hydrogen-bond donors (Lipinski definition) is 0. The molecule has 0 radical (unpaired) electrons. The number of para-hydroxylation sites is 2. The van der Waals surface area contributed by atoms with Crippen molar-refractivity contribution in [1.82, 2.24) is 9.13 Å².